The Labute approximate surface area is 107 Å². The van der Waals surface area contributed by atoms with E-state index in [1.54, 1.807) is 20.0 Å². The second-order valence-electron chi connectivity index (χ2n) is 4.13. The van der Waals surface area contributed by atoms with Gasteiger partial charge < -0.3 is 10.0 Å². The van der Waals surface area contributed by atoms with Crippen LogP contribution in [0, 0.1) is 0 Å². The molecule has 1 aromatic heterocycles. The van der Waals surface area contributed by atoms with Gasteiger partial charge in [-0.2, -0.15) is 0 Å². The first-order valence-electron chi connectivity index (χ1n) is 4.54. The van der Waals surface area contributed by atoms with Crippen LogP contribution in [0.3, 0.4) is 0 Å². The minimum Gasteiger partial charge on any atom is -0.389 e. The van der Waals surface area contributed by atoms with Gasteiger partial charge in [-0.1, -0.05) is 0 Å². The van der Waals surface area contributed by atoms with E-state index in [2.05, 4.69) is 36.8 Å². The molecule has 0 aliphatic carbocycles. The zero-order valence-corrected chi connectivity index (χ0v) is 12.1. The fourth-order valence-electron chi connectivity index (χ4n) is 1.34. The maximum absolute atomic E-state index is 9.70. The third-order valence-electron chi connectivity index (χ3n) is 1.77. The van der Waals surface area contributed by atoms with E-state index in [4.69, 9.17) is 0 Å². The smallest absolute Gasteiger partial charge is 0.142 e. The summed E-state index contributed by atoms with van der Waals surface area (Å²) >= 11 is 6.79. The normalized spacial score (nSPS) is 11.6. The van der Waals surface area contributed by atoms with Gasteiger partial charge in [0, 0.05) is 24.3 Å². The highest BCUT2D eigenvalue weighted by molar-refractivity contribution is 9.11. The number of nitrogens with zero attached hydrogens (tertiary/aromatic N) is 2. The molecule has 1 heterocycles. The SMILES string of the molecule is CN(CC(C)(C)O)c1ncc(Br)cc1Br. The van der Waals surface area contributed by atoms with Gasteiger partial charge in [0.25, 0.3) is 0 Å². The van der Waals surface area contributed by atoms with E-state index < -0.39 is 5.60 Å². The zero-order valence-electron chi connectivity index (χ0n) is 8.96. The van der Waals surface area contributed by atoms with E-state index in [1.165, 1.54) is 0 Å². The third kappa shape index (κ3) is 4.09. The van der Waals surface area contributed by atoms with Crippen molar-refractivity contribution < 1.29 is 5.11 Å². The Morgan fingerprint density at radius 1 is 1.47 bits per heavy atom. The van der Waals surface area contributed by atoms with Crippen molar-refractivity contribution in [1.82, 2.24) is 4.98 Å². The summed E-state index contributed by atoms with van der Waals surface area (Å²) in [6, 6.07) is 1.93. The summed E-state index contributed by atoms with van der Waals surface area (Å²) in [7, 11) is 1.90. The lowest BCUT2D eigenvalue weighted by atomic mass is 10.1. The Hall–Kier alpha value is -0.130. The molecule has 0 radical (unpaired) electrons. The second-order valence-corrected chi connectivity index (χ2v) is 5.90. The Morgan fingerprint density at radius 2 is 2.07 bits per heavy atom. The van der Waals surface area contributed by atoms with Crippen molar-refractivity contribution in [2.75, 3.05) is 18.5 Å². The summed E-state index contributed by atoms with van der Waals surface area (Å²) in [6.45, 7) is 4.08. The van der Waals surface area contributed by atoms with Gasteiger partial charge in [-0.15, -0.1) is 0 Å². The van der Waals surface area contributed by atoms with Gasteiger partial charge in [-0.25, -0.2) is 4.98 Å². The van der Waals surface area contributed by atoms with Crippen molar-refractivity contribution in [2.45, 2.75) is 19.4 Å². The molecule has 0 aliphatic rings. The van der Waals surface area contributed by atoms with Crippen LogP contribution in [0.4, 0.5) is 5.82 Å². The molecular formula is C10H14Br2N2O. The molecule has 0 saturated heterocycles. The number of rotatable bonds is 3. The molecule has 0 saturated carbocycles. The van der Waals surface area contributed by atoms with Gasteiger partial charge in [0.2, 0.25) is 0 Å². The maximum Gasteiger partial charge on any atom is 0.142 e. The molecule has 0 amide bonds. The highest BCUT2D eigenvalue weighted by Gasteiger charge is 2.18. The molecular weight excluding hydrogens is 324 g/mol. The number of aliphatic hydroxyl groups is 1. The summed E-state index contributed by atoms with van der Waals surface area (Å²) in [5, 5.41) is 9.70. The quantitative estimate of drug-likeness (QED) is 0.921. The Morgan fingerprint density at radius 3 is 2.53 bits per heavy atom. The van der Waals surface area contributed by atoms with Crippen molar-refractivity contribution in [2.24, 2.45) is 0 Å². The lowest BCUT2D eigenvalue weighted by molar-refractivity contribution is 0.0884. The molecule has 84 valence electrons. The van der Waals surface area contributed by atoms with Crippen LogP contribution in [0.25, 0.3) is 0 Å². The third-order valence-corrected chi connectivity index (χ3v) is 2.79. The molecule has 0 spiro atoms. The molecule has 0 aliphatic heterocycles. The van der Waals surface area contributed by atoms with E-state index in [0.29, 0.717) is 6.54 Å². The van der Waals surface area contributed by atoms with E-state index in [9.17, 15) is 5.11 Å². The molecule has 1 rings (SSSR count). The Bertz CT molecular complexity index is 350. The van der Waals surface area contributed by atoms with Gasteiger partial charge in [0.05, 0.1) is 10.1 Å². The van der Waals surface area contributed by atoms with E-state index in [-0.39, 0.29) is 0 Å². The maximum atomic E-state index is 9.70. The van der Waals surface area contributed by atoms with Crippen molar-refractivity contribution in [3.8, 4) is 0 Å². The van der Waals surface area contributed by atoms with Gasteiger partial charge in [0.1, 0.15) is 5.82 Å². The number of likely N-dealkylation sites (N-methyl/N-ethyl adjacent to an activating group) is 1. The second kappa shape index (κ2) is 4.80. The van der Waals surface area contributed by atoms with Crippen molar-refractivity contribution in [3.05, 3.63) is 21.2 Å². The standard InChI is InChI=1S/C10H14Br2N2O/c1-10(2,15)6-14(3)9-8(12)4-7(11)5-13-9/h4-5,15H,6H2,1-3H3. The first-order valence-corrected chi connectivity index (χ1v) is 6.13. The fraction of sp³-hybridized carbons (Fsp3) is 0.500. The number of anilines is 1. The fourth-order valence-corrected chi connectivity index (χ4v) is 2.63. The van der Waals surface area contributed by atoms with Crippen molar-refractivity contribution in [1.29, 1.82) is 0 Å². The van der Waals surface area contributed by atoms with E-state index >= 15 is 0 Å². The summed E-state index contributed by atoms with van der Waals surface area (Å²) < 4.78 is 1.83. The van der Waals surface area contributed by atoms with Crippen LogP contribution in [0.1, 0.15) is 13.8 Å². The van der Waals surface area contributed by atoms with Crippen LogP contribution in [-0.2, 0) is 0 Å². The highest BCUT2D eigenvalue weighted by Crippen LogP contribution is 2.26. The van der Waals surface area contributed by atoms with Crippen LogP contribution in [0.5, 0.6) is 0 Å². The predicted molar refractivity (Wildman–Crippen MR) is 69.2 cm³/mol. The number of halogens is 2. The molecule has 0 bridgehead atoms. The largest absolute Gasteiger partial charge is 0.389 e. The molecule has 15 heavy (non-hydrogen) atoms. The molecule has 5 heteroatoms. The van der Waals surface area contributed by atoms with Gasteiger partial charge in [-0.05, 0) is 51.8 Å². The minimum absolute atomic E-state index is 0.528. The molecule has 1 aromatic rings. The zero-order chi connectivity index (χ0) is 11.6. The molecule has 0 aromatic carbocycles. The topological polar surface area (TPSA) is 36.4 Å². The van der Waals surface area contributed by atoms with E-state index in [0.717, 1.165) is 14.8 Å². The molecule has 0 fully saturated rings. The van der Waals surface area contributed by atoms with Crippen LogP contribution >= 0.6 is 31.9 Å². The Kier molecular flexibility index (Phi) is 4.14. The van der Waals surface area contributed by atoms with Gasteiger partial charge in [-0.3, -0.25) is 0 Å². The molecule has 0 unspecified atom stereocenters. The lowest BCUT2D eigenvalue weighted by Gasteiger charge is -2.27. The number of hydrogen-bond acceptors (Lipinski definition) is 3. The van der Waals surface area contributed by atoms with Crippen LogP contribution in [-0.4, -0.2) is 29.3 Å². The summed E-state index contributed by atoms with van der Waals surface area (Å²) in [5.41, 5.74) is -0.733. The molecule has 1 N–H and O–H groups in total. The monoisotopic (exact) mass is 336 g/mol. The lowest BCUT2D eigenvalue weighted by Crippen LogP contribution is -2.36. The van der Waals surface area contributed by atoms with E-state index in [1.807, 2.05) is 18.0 Å². The summed E-state index contributed by atoms with van der Waals surface area (Å²) in [6.07, 6.45) is 1.74. The van der Waals surface area contributed by atoms with Crippen molar-refractivity contribution >= 4 is 37.7 Å². The number of pyridine rings is 1. The highest BCUT2D eigenvalue weighted by atomic mass is 79.9. The number of hydrogen-bond donors (Lipinski definition) is 1. The average Bonchev–Trinajstić information content (AvgIpc) is 1.99. The van der Waals surface area contributed by atoms with Crippen LogP contribution in [0.15, 0.2) is 21.2 Å². The summed E-state index contributed by atoms with van der Waals surface area (Å²) in [5.74, 6) is 0.820. The first-order chi connectivity index (χ1) is 6.79. The Balaban J connectivity index is 2.87. The molecule has 0 atom stereocenters. The van der Waals surface area contributed by atoms with Gasteiger partial charge in [0.15, 0.2) is 0 Å². The van der Waals surface area contributed by atoms with Crippen molar-refractivity contribution in [3.63, 3.8) is 0 Å². The minimum atomic E-state index is -0.733. The molecule has 3 nitrogen and oxygen atoms in total. The van der Waals surface area contributed by atoms with Gasteiger partial charge >= 0.3 is 0 Å². The van der Waals surface area contributed by atoms with Crippen LogP contribution < -0.4 is 4.90 Å². The predicted octanol–water partition coefficient (Wildman–Crippen LogP) is 2.81. The number of aromatic nitrogens is 1. The summed E-state index contributed by atoms with van der Waals surface area (Å²) in [4.78, 5) is 6.20. The van der Waals surface area contributed by atoms with Crippen LogP contribution in [0.2, 0.25) is 0 Å². The first kappa shape index (κ1) is 12.9. The average molecular weight is 338 g/mol.